The summed E-state index contributed by atoms with van der Waals surface area (Å²) in [7, 11) is 0. The van der Waals surface area contributed by atoms with Crippen LogP contribution < -0.4 is 5.32 Å². The number of Topliss-reactive ketones (excluding diaryl/α,β-unsaturated/α-hetero) is 1. The number of hydrogen-bond acceptors (Lipinski definition) is 6. The topological polar surface area (TPSA) is 72.0 Å². The summed E-state index contributed by atoms with van der Waals surface area (Å²) in [5, 5.41) is 11.4. The molecule has 0 radical (unpaired) electrons. The largest absolute Gasteiger partial charge is 0.300 e. The van der Waals surface area contributed by atoms with Crippen LogP contribution in [0.3, 0.4) is 0 Å². The van der Waals surface area contributed by atoms with E-state index in [1.807, 2.05) is 25.1 Å². The van der Waals surface area contributed by atoms with Gasteiger partial charge in [0, 0.05) is 11.5 Å². The molecule has 0 aliphatic rings. The number of rotatable bonds is 10. The fraction of sp³-hybridized carbons (Fsp3) is 0.444. The Hall–Kier alpha value is -1.73. The number of aromatic nitrogens is 2. The molecule has 0 fully saturated rings. The molecule has 0 aliphatic carbocycles. The van der Waals surface area contributed by atoms with E-state index in [9.17, 15) is 9.59 Å². The van der Waals surface area contributed by atoms with Gasteiger partial charge in [-0.3, -0.25) is 9.59 Å². The Bertz CT molecular complexity index is 689. The van der Waals surface area contributed by atoms with Crippen molar-refractivity contribution in [3.63, 3.8) is 0 Å². The van der Waals surface area contributed by atoms with Crippen molar-refractivity contribution in [1.82, 2.24) is 10.2 Å². The summed E-state index contributed by atoms with van der Waals surface area (Å²) in [6.45, 7) is 4.14. The van der Waals surface area contributed by atoms with Gasteiger partial charge in [-0.05, 0) is 12.8 Å². The molecule has 1 amide bonds. The van der Waals surface area contributed by atoms with E-state index in [-0.39, 0.29) is 17.6 Å². The lowest BCUT2D eigenvalue weighted by molar-refractivity contribution is -0.120. The number of nitrogens with zero attached hydrogens (tertiary/aromatic N) is 2. The highest BCUT2D eigenvalue weighted by atomic mass is 32.2. The molecule has 1 N–H and O–H groups in total. The maximum absolute atomic E-state index is 12.3. The van der Waals surface area contributed by atoms with E-state index in [4.69, 9.17) is 0 Å². The predicted octanol–water partition coefficient (Wildman–Crippen LogP) is 4.67. The maximum atomic E-state index is 12.3. The molecule has 0 aliphatic heterocycles. The fourth-order valence-electron chi connectivity index (χ4n) is 2.33. The van der Waals surface area contributed by atoms with Crippen molar-refractivity contribution in [3.8, 4) is 0 Å². The van der Waals surface area contributed by atoms with Gasteiger partial charge in [0.1, 0.15) is 0 Å². The first-order valence-corrected chi connectivity index (χ1v) is 10.3. The number of carbonyl (C=O) groups is 2. The van der Waals surface area contributed by atoms with Crippen LogP contribution in [0.15, 0.2) is 34.7 Å². The van der Waals surface area contributed by atoms with E-state index in [2.05, 4.69) is 22.4 Å². The minimum absolute atomic E-state index is 0.00371. The van der Waals surface area contributed by atoms with E-state index in [1.54, 1.807) is 12.1 Å². The van der Waals surface area contributed by atoms with Crippen LogP contribution >= 0.6 is 23.1 Å². The van der Waals surface area contributed by atoms with E-state index in [1.165, 1.54) is 23.1 Å². The molecule has 2 rings (SSSR count). The number of thioether (sulfide) groups is 1. The number of amides is 1. The number of nitrogens with one attached hydrogen (secondary N) is 1. The average Bonchev–Trinajstić information content (AvgIpc) is 3.08. The highest BCUT2D eigenvalue weighted by Gasteiger charge is 2.18. The van der Waals surface area contributed by atoms with Gasteiger partial charge in [-0.1, -0.05) is 80.1 Å². The predicted molar refractivity (Wildman–Crippen MR) is 103 cm³/mol. The summed E-state index contributed by atoms with van der Waals surface area (Å²) >= 11 is 2.65. The number of anilines is 1. The summed E-state index contributed by atoms with van der Waals surface area (Å²) in [6, 6.07) is 9.18. The summed E-state index contributed by atoms with van der Waals surface area (Å²) < 4.78 is 0.682. The Morgan fingerprint density at radius 1 is 1.20 bits per heavy atom. The second-order valence-electron chi connectivity index (χ2n) is 5.69. The normalized spacial score (nSPS) is 11.9. The average molecular weight is 378 g/mol. The highest BCUT2D eigenvalue weighted by Crippen LogP contribution is 2.27. The lowest BCUT2D eigenvalue weighted by atomic mass is 9.99. The van der Waals surface area contributed by atoms with Crippen LogP contribution in [0.2, 0.25) is 0 Å². The van der Waals surface area contributed by atoms with Crippen LogP contribution in [0.1, 0.15) is 49.9 Å². The SMILES string of the molecule is CCCC[C@@H](CC)C(=O)Nc1nnc(SCC(=O)c2ccccc2)s1. The van der Waals surface area contributed by atoms with Crippen molar-refractivity contribution in [3.05, 3.63) is 35.9 Å². The molecule has 1 heterocycles. The molecular formula is C18H23N3O2S2. The molecule has 25 heavy (non-hydrogen) atoms. The van der Waals surface area contributed by atoms with E-state index in [0.717, 1.165) is 25.7 Å². The maximum Gasteiger partial charge on any atom is 0.229 e. The van der Waals surface area contributed by atoms with Gasteiger partial charge >= 0.3 is 0 Å². The molecule has 1 aromatic heterocycles. The van der Waals surface area contributed by atoms with Crippen LogP contribution in [0.4, 0.5) is 5.13 Å². The summed E-state index contributed by atoms with van der Waals surface area (Å²) in [5.74, 6) is 0.376. The molecule has 0 saturated carbocycles. The second-order valence-corrected chi connectivity index (χ2v) is 7.89. The van der Waals surface area contributed by atoms with Crippen molar-refractivity contribution in [2.75, 3.05) is 11.1 Å². The molecule has 134 valence electrons. The van der Waals surface area contributed by atoms with Gasteiger partial charge in [0.15, 0.2) is 10.1 Å². The standard InChI is InChI=1S/C18H23N3O2S2/c1-3-5-9-13(4-2)16(23)19-17-20-21-18(25-17)24-12-15(22)14-10-7-6-8-11-14/h6-8,10-11,13H,3-5,9,12H2,1-2H3,(H,19,20,23)/t13-/m1/s1. The molecule has 1 atom stereocenters. The van der Waals surface area contributed by atoms with E-state index < -0.39 is 0 Å². The monoisotopic (exact) mass is 377 g/mol. The van der Waals surface area contributed by atoms with Gasteiger partial charge in [-0.2, -0.15) is 0 Å². The quantitative estimate of drug-likeness (QED) is 0.370. The highest BCUT2D eigenvalue weighted by molar-refractivity contribution is 8.01. The molecule has 0 saturated heterocycles. The van der Waals surface area contributed by atoms with Crippen LogP contribution in [0.5, 0.6) is 0 Å². The van der Waals surface area contributed by atoms with Crippen LogP contribution in [0.25, 0.3) is 0 Å². The third-order valence-corrected chi connectivity index (χ3v) is 5.80. The van der Waals surface area contributed by atoms with Gasteiger partial charge in [-0.15, -0.1) is 10.2 Å². The Labute approximate surface area is 156 Å². The van der Waals surface area contributed by atoms with Gasteiger partial charge in [0.25, 0.3) is 0 Å². The molecular weight excluding hydrogens is 354 g/mol. The number of unbranched alkanes of at least 4 members (excludes halogenated alkanes) is 1. The lowest BCUT2D eigenvalue weighted by Crippen LogP contribution is -2.22. The molecule has 2 aromatic rings. The molecule has 7 heteroatoms. The van der Waals surface area contributed by atoms with E-state index in [0.29, 0.717) is 20.8 Å². The Morgan fingerprint density at radius 3 is 2.64 bits per heavy atom. The van der Waals surface area contributed by atoms with Crippen LogP contribution in [0, 0.1) is 5.92 Å². The van der Waals surface area contributed by atoms with Gasteiger partial charge in [0.2, 0.25) is 11.0 Å². The fourth-order valence-corrected chi connectivity index (χ4v) is 3.98. The van der Waals surface area contributed by atoms with Crippen molar-refractivity contribution in [2.24, 2.45) is 5.92 Å². The second kappa shape index (κ2) is 10.3. The van der Waals surface area contributed by atoms with Crippen molar-refractivity contribution >= 4 is 39.9 Å². The smallest absolute Gasteiger partial charge is 0.229 e. The number of benzene rings is 1. The van der Waals surface area contributed by atoms with Gasteiger partial charge in [0.05, 0.1) is 5.75 Å². The van der Waals surface area contributed by atoms with E-state index >= 15 is 0 Å². The zero-order valence-corrected chi connectivity index (χ0v) is 16.2. The molecule has 0 spiro atoms. The zero-order chi connectivity index (χ0) is 18.1. The van der Waals surface area contributed by atoms with Crippen LogP contribution in [-0.4, -0.2) is 27.6 Å². The first kappa shape index (κ1) is 19.6. The first-order valence-electron chi connectivity index (χ1n) is 8.49. The van der Waals surface area contributed by atoms with Crippen molar-refractivity contribution in [1.29, 1.82) is 0 Å². The molecule has 1 aromatic carbocycles. The third-order valence-electron chi connectivity index (χ3n) is 3.83. The van der Waals surface area contributed by atoms with Gasteiger partial charge in [-0.25, -0.2) is 0 Å². The Kier molecular flexibility index (Phi) is 8.08. The van der Waals surface area contributed by atoms with Gasteiger partial charge < -0.3 is 5.32 Å². The minimum Gasteiger partial charge on any atom is -0.300 e. The minimum atomic E-state index is 0.00371. The summed E-state index contributed by atoms with van der Waals surface area (Å²) in [5.41, 5.74) is 0.690. The number of hydrogen-bond donors (Lipinski definition) is 1. The van der Waals surface area contributed by atoms with Crippen molar-refractivity contribution < 1.29 is 9.59 Å². The lowest BCUT2D eigenvalue weighted by Gasteiger charge is -2.12. The number of ketones is 1. The molecule has 0 unspecified atom stereocenters. The summed E-state index contributed by atoms with van der Waals surface area (Å²) in [6.07, 6.45) is 3.84. The van der Waals surface area contributed by atoms with Crippen molar-refractivity contribution in [2.45, 2.75) is 43.9 Å². The Balaban J connectivity index is 1.85. The first-order chi connectivity index (χ1) is 12.1. The zero-order valence-electron chi connectivity index (χ0n) is 14.5. The number of carbonyl (C=O) groups excluding carboxylic acids is 2. The molecule has 0 bridgehead atoms. The third kappa shape index (κ3) is 6.25. The summed E-state index contributed by atoms with van der Waals surface area (Å²) in [4.78, 5) is 24.4. The molecule has 5 nitrogen and oxygen atoms in total. The van der Waals surface area contributed by atoms with Crippen LogP contribution in [-0.2, 0) is 4.79 Å². The Morgan fingerprint density at radius 2 is 1.96 bits per heavy atom.